The van der Waals surface area contributed by atoms with E-state index < -0.39 is 16.0 Å². The smallest absolute Gasteiger partial charge is 0.338 e. The van der Waals surface area contributed by atoms with Crippen LogP contribution in [0.3, 0.4) is 0 Å². The van der Waals surface area contributed by atoms with Gasteiger partial charge < -0.3 is 9.26 Å². The average Bonchev–Trinajstić information content (AvgIpc) is 2.98. The van der Waals surface area contributed by atoms with Crippen molar-refractivity contribution in [3.8, 4) is 0 Å². The van der Waals surface area contributed by atoms with Crippen molar-refractivity contribution >= 4 is 21.7 Å². The highest BCUT2D eigenvalue weighted by atomic mass is 32.2. The van der Waals surface area contributed by atoms with E-state index in [-0.39, 0.29) is 22.8 Å². The Morgan fingerprint density at radius 3 is 2.52 bits per heavy atom. The van der Waals surface area contributed by atoms with Crippen LogP contribution in [-0.4, -0.2) is 19.5 Å². The molecule has 0 bridgehead atoms. The van der Waals surface area contributed by atoms with Crippen LogP contribution in [0.15, 0.2) is 64.0 Å². The first-order valence-corrected chi connectivity index (χ1v) is 9.62. The number of ether oxygens (including phenoxy) is 1. The van der Waals surface area contributed by atoms with E-state index >= 15 is 0 Å². The number of hydrogen-bond acceptors (Lipinski definition) is 6. The van der Waals surface area contributed by atoms with Crippen LogP contribution in [-0.2, 0) is 21.4 Å². The Balaban J connectivity index is 1.72. The van der Waals surface area contributed by atoms with Gasteiger partial charge in [-0.15, -0.1) is 0 Å². The molecule has 3 aromatic rings. The molecule has 1 aromatic heterocycles. The summed E-state index contributed by atoms with van der Waals surface area (Å²) in [7, 11) is -3.74. The number of carbonyl (C=O) groups is 1. The molecule has 140 valence electrons. The minimum absolute atomic E-state index is 0.0277. The van der Waals surface area contributed by atoms with E-state index in [1.807, 2.05) is 0 Å². The van der Waals surface area contributed by atoms with Crippen molar-refractivity contribution in [2.45, 2.75) is 25.3 Å². The van der Waals surface area contributed by atoms with Crippen LogP contribution in [0.2, 0.25) is 0 Å². The van der Waals surface area contributed by atoms with Gasteiger partial charge in [-0.25, -0.2) is 13.2 Å². The number of carbonyl (C=O) groups excluding carboxylic acids is 1. The van der Waals surface area contributed by atoms with Crippen molar-refractivity contribution in [2.24, 2.45) is 0 Å². The van der Waals surface area contributed by atoms with E-state index in [0.29, 0.717) is 17.0 Å². The predicted octanol–water partition coefficient (Wildman–Crippen LogP) is 3.45. The summed E-state index contributed by atoms with van der Waals surface area (Å²) in [6.07, 6.45) is 0. The maximum atomic E-state index is 12.4. The van der Waals surface area contributed by atoms with E-state index in [1.165, 1.54) is 18.2 Å². The number of nitrogens with one attached hydrogen (secondary N) is 1. The summed E-state index contributed by atoms with van der Waals surface area (Å²) < 4.78 is 37.6. The van der Waals surface area contributed by atoms with Crippen LogP contribution >= 0.6 is 0 Å². The van der Waals surface area contributed by atoms with E-state index in [9.17, 15) is 13.2 Å². The highest BCUT2D eigenvalue weighted by molar-refractivity contribution is 7.92. The fraction of sp³-hybridized carbons (Fsp3) is 0.158. The molecule has 0 amide bonds. The molecule has 0 atom stereocenters. The van der Waals surface area contributed by atoms with E-state index in [0.717, 1.165) is 0 Å². The van der Waals surface area contributed by atoms with Crippen LogP contribution in [0.4, 0.5) is 5.69 Å². The zero-order valence-corrected chi connectivity index (χ0v) is 15.6. The lowest BCUT2D eigenvalue weighted by Crippen LogP contribution is -2.13. The zero-order valence-electron chi connectivity index (χ0n) is 14.8. The number of nitrogens with zero attached hydrogens (tertiary/aromatic N) is 1. The van der Waals surface area contributed by atoms with Gasteiger partial charge in [-0.1, -0.05) is 29.4 Å². The molecular formula is C19H18N2O5S. The summed E-state index contributed by atoms with van der Waals surface area (Å²) in [4.78, 5) is 12.4. The molecule has 1 N–H and O–H groups in total. The van der Waals surface area contributed by atoms with Crippen molar-refractivity contribution in [1.82, 2.24) is 5.16 Å². The lowest BCUT2D eigenvalue weighted by atomic mass is 10.2. The number of aromatic nitrogens is 1. The summed E-state index contributed by atoms with van der Waals surface area (Å²) in [5, 5.41) is 3.81. The molecular weight excluding hydrogens is 368 g/mol. The van der Waals surface area contributed by atoms with Gasteiger partial charge in [0.25, 0.3) is 10.0 Å². The molecule has 0 saturated heterocycles. The van der Waals surface area contributed by atoms with E-state index in [4.69, 9.17) is 9.26 Å². The Morgan fingerprint density at radius 1 is 1.11 bits per heavy atom. The standard InChI is InChI=1S/C19H18N2O5S/c1-13-18(14(2)26-20-13)12-25-19(22)15-7-6-8-16(11-15)21-27(23,24)17-9-4-3-5-10-17/h3-11,21H,12H2,1-2H3. The second kappa shape index (κ2) is 7.63. The van der Waals surface area contributed by atoms with Gasteiger partial charge in [-0.2, -0.15) is 0 Å². The highest BCUT2D eigenvalue weighted by Crippen LogP contribution is 2.19. The van der Waals surface area contributed by atoms with Crippen LogP contribution in [0, 0.1) is 13.8 Å². The molecule has 0 fully saturated rings. The Hall–Kier alpha value is -3.13. The predicted molar refractivity (Wildman–Crippen MR) is 98.8 cm³/mol. The topological polar surface area (TPSA) is 98.5 Å². The number of hydrogen-bond donors (Lipinski definition) is 1. The minimum atomic E-state index is -3.74. The van der Waals surface area contributed by atoms with Crippen LogP contribution in [0.1, 0.15) is 27.4 Å². The Morgan fingerprint density at radius 2 is 1.85 bits per heavy atom. The molecule has 27 heavy (non-hydrogen) atoms. The second-order valence-electron chi connectivity index (χ2n) is 5.88. The fourth-order valence-corrected chi connectivity index (χ4v) is 3.52. The van der Waals surface area contributed by atoms with Gasteiger partial charge in [0.15, 0.2) is 0 Å². The quantitative estimate of drug-likeness (QED) is 0.652. The highest BCUT2D eigenvalue weighted by Gasteiger charge is 2.16. The summed E-state index contributed by atoms with van der Waals surface area (Å²) in [5.74, 6) is 0.0143. The zero-order chi connectivity index (χ0) is 19.4. The molecule has 0 unspecified atom stereocenters. The molecule has 1 heterocycles. The molecule has 0 radical (unpaired) electrons. The van der Waals surface area contributed by atoms with Crippen molar-refractivity contribution < 1.29 is 22.5 Å². The monoisotopic (exact) mass is 386 g/mol. The maximum absolute atomic E-state index is 12.4. The van der Waals surface area contributed by atoms with Gasteiger partial charge in [-0.05, 0) is 44.2 Å². The van der Waals surface area contributed by atoms with Gasteiger partial charge in [0.2, 0.25) is 0 Å². The number of benzene rings is 2. The van der Waals surface area contributed by atoms with Crippen LogP contribution < -0.4 is 4.72 Å². The number of rotatable bonds is 6. The van der Waals surface area contributed by atoms with Gasteiger partial charge in [0.05, 0.1) is 21.7 Å². The molecule has 0 aliphatic heterocycles. The third kappa shape index (κ3) is 4.35. The van der Waals surface area contributed by atoms with Crippen molar-refractivity contribution in [3.05, 3.63) is 77.2 Å². The van der Waals surface area contributed by atoms with Crippen LogP contribution in [0.25, 0.3) is 0 Å². The summed E-state index contributed by atoms with van der Waals surface area (Å²) in [5.41, 5.74) is 1.87. The Labute approximate surface area is 157 Å². The van der Waals surface area contributed by atoms with E-state index in [1.54, 1.807) is 50.2 Å². The Bertz CT molecular complexity index is 1040. The van der Waals surface area contributed by atoms with Gasteiger partial charge in [-0.3, -0.25) is 4.72 Å². The fourth-order valence-electron chi connectivity index (χ4n) is 2.45. The lowest BCUT2D eigenvalue weighted by molar-refractivity contribution is 0.0471. The van der Waals surface area contributed by atoms with Crippen molar-refractivity contribution in [2.75, 3.05) is 4.72 Å². The van der Waals surface area contributed by atoms with Crippen molar-refractivity contribution in [1.29, 1.82) is 0 Å². The number of sulfonamides is 1. The number of aryl methyl sites for hydroxylation is 2. The lowest BCUT2D eigenvalue weighted by Gasteiger charge is -2.09. The first-order valence-electron chi connectivity index (χ1n) is 8.13. The average molecular weight is 386 g/mol. The summed E-state index contributed by atoms with van der Waals surface area (Å²) in [6, 6.07) is 14.1. The molecule has 0 aliphatic carbocycles. The Kier molecular flexibility index (Phi) is 5.27. The molecule has 0 spiro atoms. The molecule has 7 nitrogen and oxygen atoms in total. The van der Waals surface area contributed by atoms with Gasteiger partial charge in [0.1, 0.15) is 12.4 Å². The summed E-state index contributed by atoms with van der Waals surface area (Å²) in [6.45, 7) is 3.53. The van der Waals surface area contributed by atoms with E-state index in [2.05, 4.69) is 9.88 Å². The van der Waals surface area contributed by atoms with Crippen LogP contribution in [0.5, 0.6) is 0 Å². The number of anilines is 1. The first kappa shape index (κ1) is 18.7. The maximum Gasteiger partial charge on any atom is 0.338 e. The molecule has 0 aliphatic rings. The largest absolute Gasteiger partial charge is 0.457 e. The third-order valence-electron chi connectivity index (χ3n) is 3.93. The van der Waals surface area contributed by atoms with Gasteiger partial charge >= 0.3 is 5.97 Å². The molecule has 2 aromatic carbocycles. The first-order chi connectivity index (χ1) is 12.9. The third-order valence-corrected chi connectivity index (χ3v) is 5.33. The molecule has 3 rings (SSSR count). The minimum Gasteiger partial charge on any atom is -0.457 e. The SMILES string of the molecule is Cc1noc(C)c1COC(=O)c1cccc(NS(=O)(=O)c2ccccc2)c1. The second-order valence-corrected chi connectivity index (χ2v) is 7.56. The van der Waals surface area contributed by atoms with Gasteiger partial charge in [0, 0.05) is 5.69 Å². The summed E-state index contributed by atoms with van der Waals surface area (Å²) >= 11 is 0. The molecule has 8 heteroatoms. The normalized spacial score (nSPS) is 11.2. The molecule has 0 saturated carbocycles. The van der Waals surface area contributed by atoms with Crippen molar-refractivity contribution in [3.63, 3.8) is 0 Å². The number of esters is 1.